The third kappa shape index (κ3) is 4.62. The van der Waals surface area contributed by atoms with Crippen molar-refractivity contribution in [1.29, 1.82) is 0 Å². The van der Waals surface area contributed by atoms with Crippen molar-refractivity contribution in [1.82, 2.24) is 20.3 Å². The van der Waals surface area contributed by atoms with E-state index in [-0.39, 0.29) is 29.4 Å². The van der Waals surface area contributed by atoms with E-state index in [1.807, 2.05) is 32.0 Å². The average molecular weight is 443 g/mol. The fourth-order valence-electron chi connectivity index (χ4n) is 2.88. The number of hydrogen-bond donors (Lipinski definition) is 1. The zero-order valence-corrected chi connectivity index (χ0v) is 18.6. The molecule has 4 rings (SSSR count). The fraction of sp³-hybridized carbons (Fsp3) is 0.381. The van der Waals surface area contributed by atoms with Gasteiger partial charge in [0.1, 0.15) is 10.5 Å². The van der Waals surface area contributed by atoms with Crippen LogP contribution in [0.2, 0.25) is 0 Å². The summed E-state index contributed by atoms with van der Waals surface area (Å²) >= 11 is 2.69. The minimum absolute atomic E-state index is 0.00978. The molecule has 0 aromatic carbocycles. The van der Waals surface area contributed by atoms with Crippen molar-refractivity contribution < 1.29 is 14.3 Å². The maximum Gasteiger partial charge on any atom is 0.317 e. The average Bonchev–Trinajstić information content (AvgIpc) is 3.42. The number of nitrogens with one attached hydrogen (secondary N) is 1. The molecule has 1 aliphatic carbocycles. The molecule has 3 aromatic rings. The summed E-state index contributed by atoms with van der Waals surface area (Å²) in [6, 6.07) is 7.99. The molecule has 0 aliphatic heterocycles. The molecule has 3 heterocycles. The highest BCUT2D eigenvalue weighted by molar-refractivity contribution is 8.00. The molecule has 1 saturated carbocycles. The van der Waals surface area contributed by atoms with Gasteiger partial charge in [0, 0.05) is 16.6 Å². The highest BCUT2D eigenvalue weighted by atomic mass is 32.2. The van der Waals surface area contributed by atoms with Gasteiger partial charge in [0.25, 0.3) is 0 Å². The molecule has 1 fully saturated rings. The molecule has 0 spiro atoms. The van der Waals surface area contributed by atoms with Gasteiger partial charge in [0.05, 0.1) is 29.2 Å². The monoisotopic (exact) mass is 442 g/mol. The summed E-state index contributed by atoms with van der Waals surface area (Å²) in [5, 5.41) is 3.63. The maximum absolute atomic E-state index is 12.8. The number of aryl methyl sites for hydroxylation is 1. The Hall–Kier alpha value is -2.52. The van der Waals surface area contributed by atoms with Crippen LogP contribution in [0.4, 0.5) is 0 Å². The van der Waals surface area contributed by atoms with Gasteiger partial charge < -0.3 is 10.1 Å². The van der Waals surface area contributed by atoms with Gasteiger partial charge >= 0.3 is 6.01 Å². The summed E-state index contributed by atoms with van der Waals surface area (Å²) in [6.07, 6.45) is 2.11. The lowest BCUT2D eigenvalue weighted by molar-refractivity contribution is -0.122. The van der Waals surface area contributed by atoms with Gasteiger partial charge in [0.2, 0.25) is 5.91 Å². The number of thiophene rings is 1. The van der Waals surface area contributed by atoms with E-state index < -0.39 is 0 Å². The van der Waals surface area contributed by atoms with Crippen molar-refractivity contribution in [3.63, 3.8) is 0 Å². The van der Waals surface area contributed by atoms with Gasteiger partial charge in [-0.3, -0.25) is 9.59 Å². The lowest BCUT2D eigenvalue weighted by atomic mass is 10.1. The summed E-state index contributed by atoms with van der Waals surface area (Å²) in [4.78, 5) is 39.8. The van der Waals surface area contributed by atoms with Crippen LogP contribution in [0.5, 0.6) is 6.01 Å². The van der Waals surface area contributed by atoms with Gasteiger partial charge in [-0.1, -0.05) is 11.8 Å². The van der Waals surface area contributed by atoms with E-state index in [9.17, 15) is 9.59 Å². The third-order valence-corrected chi connectivity index (χ3v) is 7.07. The molecule has 9 heteroatoms. The zero-order chi connectivity index (χ0) is 21.3. The van der Waals surface area contributed by atoms with E-state index in [0.29, 0.717) is 27.0 Å². The number of nitrogens with zero attached hydrogens (tertiary/aromatic N) is 3. The van der Waals surface area contributed by atoms with E-state index in [4.69, 9.17) is 4.74 Å². The number of carbonyl (C=O) groups excluding carboxylic acids is 2. The second-order valence-electron chi connectivity index (χ2n) is 7.25. The molecule has 1 amide bonds. The van der Waals surface area contributed by atoms with Crippen molar-refractivity contribution in [2.75, 3.05) is 12.9 Å². The predicted molar refractivity (Wildman–Crippen MR) is 118 cm³/mol. The number of aromatic nitrogens is 3. The van der Waals surface area contributed by atoms with Gasteiger partial charge in [-0.15, -0.1) is 11.3 Å². The smallest absolute Gasteiger partial charge is 0.317 e. The third-order valence-electron chi connectivity index (χ3n) is 4.80. The van der Waals surface area contributed by atoms with E-state index >= 15 is 0 Å². The largest absolute Gasteiger partial charge is 0.467 e. The Balaban J connectivity index is 1.47. The van der Waals surface area contributed by atoms with Gasteiger partial charge in [0.15, 0.2) is 5.78 Å². The maximum atomic E-state index is 12.8. The van der Waals surface area contributed by atoms with Crippen LogP contribution in [-0.4, -0.2) is 45.5 Å². The lowest BCUT2D eigenvalue weighted by Gasteiger charge is -2.09. The minimum atomic E-state index is -0.257. The van der Waals surface area contributed by atoms with Crippen LogP contribution in [0, 0.1) is 6.92 Å². The van der Waals surface area contributed by atoms with Crippen molar-refractivity contribution in [2.24, 2.45) is 0 Å². The number of Topliss-reactive ketones (excluding diaryl/α,β-unsaturated/α-hetero) is 1. The van der Waals surface area contributed by atoms with Crippen LogP contribution in [0.15, 0.2) is 29.3 Å². The van der Waals surface area contributed by atoms with Crippen LogP contribution in [0.3, 0.4) is 0 Å². The van der Waals surface area contributed by atoms with Crippen molar-refractivity contribution >= 4 is 45.8 Å². The zero-order valence-electron chi connectivity index (χ0n) is 17.0. The number of fused-ring (bicyclic) bond motifs is 1. The molecule has 1 aliphatic rings. The van der Waals surface area contributed by atoms with Gasteiger partial charge in [-0.05, 0) is 51.0 Å². The Bertz CT molecular complexity index is 1110. The highest BCUT2D eigenvalue weighted by Gasteiger charge is 2.27. The van der Waals surface area contributed by atoms with Crippen LogP contribution in [-0.2, 0) is 4.79 Å². The summed E-state index contributed by atoms with van der Waals surface area (Å²) in [6.45, 7) is 3.77. The van der Waals surface area contributed by atoms with E-state index in [1.54, 1.807) is 6.07 Å². The predicted octanol–water partition coefficient (Wildman–Crippen LogP) is 3.76. The summed E-state index contributed by atoms with van der Waals surface area (Å²) in [7, 11) is 1.51. The molecule has 3 aromatic heterocycles. The quantitative estimate of drug-likeness (QED) is 0.322. The summed E-state index contributed by atoms with van der Waals surface area (Å²) in [5.74, 6) is -0.0294. The summed E-state index contributed by atoms with van der Waals surface area (Å²) in [5.41, 5.74) is 2.19. The molecule has 0 radical (unpaired) electrons. The molecule has 7 nitrogen and oxygen atoms in total. The van der Waals surface area contributed by atoms with E-state index in [1.165, 1.54) is 30.2 Å². The van der Waals surface area contributed by atoms with Gasteiger partial charge in [-0.25, -0.2) is 4.98 Å². The Kier molecular flexibility index (Phi) is 6.01. The van der Waals surface area contributed by atoms with Gasteiger partial charge in [-0.2, -0.15) is 9.97 Å². The SMILES string of the molecule is COc1nc(SCC(=O)c2ccc([C@H](C)C(=O)NC3CC3)s2)c2nc(C)ccc2n1. The molecule has 0 unspecified atom stereocenters. The lowest BCUT2D eigenvalue weighted by Crippen LogP contribution is -2.29. The number of carbonyl (C=O) groups is 2. The van der Waals surface area contributed by atoms with Crippen molar-refractivity contribution in [3.05, 3.63) is 39.7 Å². The Morgan fingerprint density at radius 1 is 1.23 bits per heavy atom. The number of pyridine rings is 1. The Morgan fingerprint density at radius 2 is 2.03 bits per heavy atom. The number of methoxy groups -OCH3 is 1. The first-order chi connectivity index (χ1) is 14.4. The molecule has 1 N–H and O–H groups in total. The van der Waals surface area contributed by atoms with Crippen LogP contribution >= 0.6 is 23.1 Å². The summed E-state index contributed by atoms with van der Waals surface area (Å²) < 4.78 is 5.18. The highest BCUT2D eigenvalue weighted by Crippen LogP contribution is 2.30. The first-order valence-corrected chi connectivity index (χ1v) is 11.5. The first-order valence-electron chi connectivity index (χ1n) is 9.70. The topological polar surface area (TPSA) is 94.1 Å². The normalized spacial score (nSPS) is 14.5. The van der Waals surface area contributed by atoms with Crippen molar-refractivity contribution in [2.45, 2.75) is 43.7 Å². The molecule has 156 valence electrons. The molecule has 30 heavy (non-hydrogen) atoms. The molecular formula is C21H22N4O3S2. The number of ether oxygens (including phenoxy) is 1. The van der Waals surface area contributed by atoms with E-state index in [2.05, 4.69) is 20.3 Å². The van der Waals surface area contributed by atoms with Crippen LogP contribution in [0.1, 0.15) is 45.9 Å². The number of hydrogen-bond acceptors (Lipinski definition) is 8. The number of thioether (sulfide) groups is 1. The molecule has 0 saturated heterocycles. The number of amides is 1. The second-order valence-corrected chi connectivity index (χ2v) is 9.33. The van der Waals surface area contributed by atoms with Crippen molar-refractivity contribution in [3.8, 4) is 6.01 Å². The second kappa shape index (κ2) is 8.69. The first kappa shape index (κ1) is 20.7. The number of ketones is 1. The van der Waals surface area contributed by atoms with Crippen LogP contribution in [0.25, 0.3) is 11.0 Å². The van der Waals surface area contributed by atoms with Crippen LogP contribution < -0.4 is 10.1 Å². The molecular weight excluding hydrogens is 420 g/mol. The minimum Gasteiger partial charge on any atom is -0.467 e. The Labute approximate surface area is 182 Å². The Morgan fingerprint density at radius 3 is 2.77 bits per heavy atom. The molecule has 0 bridgehead atoms. The van der Waals surface area contributed by atoms with E-state index in [0.717, 1.165) is 23.4 Å². The standard InChI is InChI=1S/C21H22N4O3S2/c1-11-4-7-14-18(22-11)20(25-21(24-14)28-3)29-10-15(26)17-9-8-16(30-17)12(2)19(27)23-13-5-6-13/h4,7-9,12-13H,5-6,10H2,1-3H3,(H,23,27)/t12-/m0/s1. The number of rotatable bonds is 8. The molecule has 1 atom stereocenters. The fourth-order valence-corrected chi connectivity index (χ4v) is 4.82.